The fourth-order valence-corrected chi connectivity index (χ4v) is 4.15. The van der Waals surface area contributed by atoms with Crippen molar-refractivity contribution >= 4 is 39.1 Å². The van der Waals surface area contributed by atoms with E-state index in [1.54, 1.807) is 21.9 Å². The summed E-state index contributed by atoms with van der Waals surface area (Å²) in [5.74, 6) is -1.12. The van der Waals surface area contributed by atoms with Gasteiger partial charge in [0.15, 0.2) is 0 Å². The highest BCUT2D eigenvalue weighted by molar-refractivity contribution is 9.10. The second kappa shape index (κ2) is 7.91. The first-order valence-electron chi connectivity index (χ1n) is 9.40. The molecule has 0 spiro atoms. The van der Waals surface area contributed by atoms with Gasteiger partial charge in [-0.05, 0) is 42.8 Å². The Hall–Kier alpha value is -2.41. The average molecular weight is 446 g/mol. The third-order valence-corrected chi connectivity index (χ3v) is 5.96. The van der Waals surface area contributed by atoms with E-state index in [0.29, 0.717) is 44.8 Å². The third kappa shape index (κ3) is 3.63. The summed E-state index contributed by atoms with van der Waals surface area (Å²) in [6.45, 7) is 2.66. The van der Waals surface area contributed by atoms with E-state index in [-0.39, 0.29) is 17.6 Å². The smallest absolute Gasteiger partial charge is 0.239 e. The Kier molecular flexibility index (Phi) is 5.35. The zero-order chi connectivity index (χ0) is 19.7. The minimum absolute atomic E-state index is 0.113. The van der Waals surface area contributed by atoms with Crippen LogP contribution in [0, 0.1) is 11.7 Å². The molecular weight excluding hydrogens is 425 g/mol. The number of halogens is 2. The standard InChI is InChI=1S/C21H21BrFN3O2/c22-15-5-7-16(8-6-15)26-10-9-17(21(26)28)20(27)25-13-11-24(12-14-25)19-4-2-1-3-18(19)23/h1-8,17H,9-14H2. The number of hydrogen-bond donors (Lipinski definition) is 0. The van der Waals surface area contributed by atoms with Gasteiger partial charge in [0.1, 0.15) is 11.7 Å². The van der Waals surface area contributed by atoms with Crippen molar-refractivity contribution in [3.05, 3.63) is 58.8 Å². The molecule has 2 saturated heterocycles. The number of carbonyl (C=O) groups excluding carboxylic acids is 2. The monoisotopic (exact) mass is 445 g/mol. The van der Waals surface area contributed by atoms with Crippen LogP contribution in [0.25, 0.3) is 0 Å². The minimum Gasteiger partial charge on any atom is -0.366 e. The number of para-hydroxylation sites is 1. The van der Waals surface area contributed by atoms with Gasteiger partial charge in [-0.3, -0.25) is 9.59 Å². The van der Waals surface area contributed by atoms with E-state index in [9.17, 15) is 14.0 Å². The summed E-state index contributed by atoms with van der Waals surface area (Å²) in [7, 11) is 0. The Balaban J connectivity index is 1.38. The summed E-state index contributed by atoms with van der Waals surface area (Å²) in [4.78, 5) is 31.1. The van der Waals surface area contributed by atoms with E-state index in [1.807, 2.05) is 35.2 Å². The lowest BCUT2D eigenvalue weighted by Crippen LogP contribution is -2.51. The van der Waals surface area contributed by atoms with Crippen LogP contribution >= 0.6 is 15.9 Å². The van der Waals surface area contributed by atoms with Gasteiger partial charge in [0, 0.05) is 42.9 Å². The Morgan fingerprint density at radius 1 is 0.964 bits per heavy atom. The van der Waals surface area contributed by atoms with Crippen LogP contribution in [0.2, 0.25) is 0 Å². The van der Waals surface area contributed by atoms with Crippen molar-refractivity contribution in [3.63, 3.8) is 0 Å². The zero-order valence-corrected chi connectivity index (χ0v) is 16.9. The van der Waals surface area contributed by atoms with E-state index in [1.165, 1.54) is 6.07 Å². The van der Waals surface area contributed by atoms with Crippen LogP contribution in [0.4, 0.5) is 15.8 Å². The van der Waals surface area contributed by atoms with E-state index in [4.69, 9.17) is 0 Å². The largest absolute Gasteiger partial charge is 0.366 e. The molecule has 0 bridgehead atoms. The van der Waals surface area contributed by atoms with Gasteiger partial charge in [-0.15, -0.1) is 0 Å². The first kappa shape index (κ1) is 18.9. The maximum absolute atomic E-state index is 14.0. The quantitative estimate of drug-likeness (QED) is 0.680. The molecule has 2 aromatic carbocycles. The molecule has 5 nitrogen and oxygen atoms in total. The number of amides is 2. The molecule has 0 radical (unpaired) electrons. The van der Waals surface area contributed by atoms with Crippen molar-refractivity contribution in [2.45, 2.75) is 6.42 Å². The molecule has 0 aliphatic carbocycles. The van der Waals surface area contributed by atoms with E-state index in [2.05, 4.69) is 15.9 Å². The van der Waals surface area contributed by atoms with Crippen molar-refractivity contribution in [2.75, 3.05) is 42.5 Å². The third-order valence-electron chi connectivity index (χ3n) is 5.43. The maximum Gasteiger partial charge on any atom is 0.239 e. The van der Waals surface area contributed by atoms with Crippen LogP contribution in [0.5, 0.6) is 0 Å². The summed E-state index contributed by atoms with van der Waals surface area (Å²) in [5, 5.41) is 0. The molecule has 4 rings (SSSR count). The molecule has 0 N–H and O–H groups in total. The normalized spacial score (nSPS) is 20.0. The van der Waals surface area contributed by atoms with Gasteiger partial charge in [0.25, 0.3) is 0 Å². The number of nitrogens with zero attached hydrogens (tertiary/aromatic N) is 3. The van der Waals surface area contributed by atoms with Crippen molar-refractivity contribution < 1.29 is 14.0 Å². The summed E-state index contributed by atoms with van der Waals surface area (Å²) in [5.41, 5.74) is 1.38. The van der Waals surface area contributed by atoms with Crippen molar-refractivity contribution in [1.82, 2.24) is 4.90 Å². The van der Waals surface area contributed by atoms with E-state index in [0.717, 1.165) is 10.2 Å². The van der Waals surface area contributed by atoms with E-state index >= 15 is 0 Å². The fraction of sp³-hybridized carbons (Fsp3) is 0.333. The van der Waals surface area contributed by atoms with Crippen LogP contribution in [-0.2, 0) is 9.59 Å². The Bertz CT molecular complexity index is 881. The predicted octanol–water partition coefficient (Wildman–Crippen LogP) is 3.29. The van der Waals surface area contributed by atoms with Gasteiger partial charge in [-0.1, -0.05) is 28.1 Å². The number of piperazine rings is 1. The molecule has 2 aliphatic rings. The van der Waals surface area contributed by atoms with Gasteiger partial charge in [0.05, 0.1) is 5.69 Å². The summed E-state index contributed by atoms with van der Waals surface area (Å²) in [6, 6.07) is 14.2. The fourth-order valence-electron chi connectivity index (χ4n) is 3.88. The molecule has 1 atom stereocenters. The minimum atomic E-state index is -0.622. The summed E-state index contributed by atoms with van der Waals surface area (Å²) < 4.78 is 14.9. The highest BCUT2D eigenvalue weighted by Crippen LogP contribution is 2.28. The molecule has 2 heterocycles. The molecule has 0 saturated carbocycles. The average Bonchev–Trinajstić information content (AvgIpc) is 3.10. The van der Waals surface area contributed by atoms with Crippen LogP contribution < -0.4 is 9.80 Å². The van der Waals surface area contributed by atoms with Gasteiger partial charge >= 0.3 is 0 Å². The molecule has 2 amide bonds. The number of anilines is 2. The van der Waals surface area contributed by atoms with Crippen LogP contribution in [-0.4, -0.2) is 49.4 Å². The molecule has 28 heavy (non-hydrogen) atoms. The first-order chi connectivity index (χ1) is 13.5. The molecular formula is C21H21BrFN3O2. The lowest BCUT2D eigenvalue weighted by atomic mass is 10.1. The van der Waals surface area contributed by atoms with Gasteiger partial charge in [-0.2, -0.15) is 0 Å². The van der Waals surface area contributed by atoms with Crippen LogP contribution in [0.15, 0.2) is 53.0 Å². The second-order valence-corrected chi connectivity index (χ2v) is 7.99. The van der Waals surface area contributed by atoms with Crippen LogP contribution in [0.1, 0.15) is 6.42 Å². The lowest BCUT2D eigenvalue weighted by molar-refractivity contribution is -0.140. The molecule has 2 aromatic rings. The first-order valence-corrected chi connectivity index (χ1v) is 10.2. The number of rotatable bonds is 3. The van der Waals surface area contributed by atoms with Gasteiger partial charge in [-0.25, -0.2) is 4.39 Å². The van der Waals surface area contributed by atoms with Crippen LogP contribution in [0.3, 0.4) is 0 Å². The maximum atomic E-state index is 14.0. The van der Waals surface area contributed by atoms with Crippen molar-refractivity contribution in [1.29, 1.82) is 0 Å². The molecule has 2 aliphatic heterocycles. The number of carbonyl (C=O) groups is 2. The topological polar surface area (TPSA) is 43.9 Å². The zero-order valence-electron chi connectivity index (χ0n) is 15.4. The predicted molar refractivity (Wildman–Crippen MR) is 110 cm³/mol. The Labute approximate surface area is 171 Å². The van der Waals surface area contributed by atoms with Gasteiger partial charge < -0.3 is 14.7 Å². The molecule has 0 aromatic heterocycles. The highest BCUT2D eigenvalue weighted by Gasteiger charge is 2.40. The molecule has 146 valence electrons. The SMILES string of the molecule is O=C(C1CCN(c2ccc(Br)cc2)C1=O)N1CCN(c2ccccc2F)CC1. The molecule has 2 fully saturated rings. The second-order valence-electron chi connectivity index (χ2n) is 7.07. The van der Waals surface area contributed by atoms with Crippen molar-refractivity contribution in [2.24, 2.45) is 5.92 Å². The number of hydrogen-bond acceptors (Lipinski definition) is 3. The van der Waals surface area contributed by atoms with Gasteiger partial charge in [0.2, 0.25) is 11.8 Å². The molecule has 1 unspecified atom stereocenters. The Morgan fingerprint density at radius 3 is 2.32 bits per heavy atom. The summed E-state index contributed by atoms with van der Waals surface area (Å²) in [6.07, 6.45) is 0.529. The highest BCUT2D eigenvalue weighted by atomic mass is 79.9. The number of benzene rings is 2. The van der Waals surface area contributed by atoms with E-state index < -0.39 is 5.92 Å². The lowest BCUT2D eigenvalue weighted by Gasteiger charge is -2.37. The molecule has 7 heteroatoms. The Morgan fingerprint density at radius 2 is 1.64 bits per heavy atom. The van der Waals surface area contributed by atoms with Crippen molar-refractivity contribution in [3.8, 4) is 0 Å². The summed E-state index contributed by atoms with van der Waals surface area (Å²) >= 11 is 3.39.